The van der Waals surface area contributed by atoms with Gasteiger partial charge in [-0.3, -0.25) is 14.9 Å². The number of rotatable bonds is 4. The van der Waals surface area contributed by atoms with E-state index in [2.05, 4.69) is 5.32 Å². The molecule has 0 saturated heterocycles. The Morgan fingerprint density at radius 2 is 1.92 bits per heavy atom. The van der Waals surface area contributed by atoms with Gasteiger partial charge in [0.2, 0.25) is 0 Å². The van der Waals surface area contributed by atoms with Crippen LogP contribution >= 0.6 is 0 Å². The van der Waals surface area contributed by atoms with Crippen molar-refractivity contribution in [2.24, 2.45) is 0 Å². The van der Waals surface area contributed by atoms with E-state index in [-0.39, 0.29) is 23.4 Å². The molecule has 0 atom stereocenters. The number of nitro benzene ring substituents is 1. The third-order valence-electron chi connectivity index (χ3n) is 3.38. The number of nitro groups is 1. The summed E-state index contributed by atoms with van der Waals surface area (Å²) in [6, 6.07) is 8.58. The van der Waals surface area contributed by atoms with E-state index < -0.39 is 22.6 Å². The highest BCUT2D eigenvalue weighted by Crippen LogP contribution is 2.29. The van der Waals surface area contributed by atoms with E-state index in [9.17, 15) is 28.1 Å². The topological polar surface area (TPSA) is 72.2 Å². The Kier molecular flexibility index (Phi) is 4.87. The molecule has 2 aromatic carbocycles. The molecule has 0 saturated carbocycles. The van der Waals surface area contributed by atoms with Gasteiger partial charge >= 0.3 is 6.18 Å². The lowest BCUT2D eigenvalue weighted by Gasteiger charge is -2.10. The van der Waals surface area contributed by atoms with Crippen molar-refractivity contribution in [3.63, 3.8) is 0 Å². The molecule has 0 aliphatic heterocycles. The van der Waals surface area contributed by atoms with Gasteiger partial charge < -0.3 is 5.32 Å². The van der Waals surface area contributed by atoms with Crippen LogP contribution in [0.2, 0.25) is 0 Å². The number of halogens is 3. The summed E-state index contributed by atoms with van der Waals surface area (Å²) >= 11 is 0. The maximum absolute atomic E-state index is 12.6. The zero-order chi connectivity index (χ0) is 17.9. The fraction of sp³-hybridized carbons (Fsp3) is 0.188. The van der Waals surface area contributed by atoms with E-state index in [0.29, 0.717) is 5.56 Å². The molecule has 24 heavy (non-hydrogen) atoms. The van der Waals surface area contributed by atoms with Crippen LogP contribution in [0.5, 0.6) is 0 Å². The zero-order valence-electron chi connectivity index (χ0n) is 12.6. The summed E-state index contributed by atoms with van der Waals surface area (Å²) < 4.78 is 37.9. The predicted octanol–water partition coefficient (Wildman–Crippen LogP) is 3.85. The van der Waals surface area contributed by atoms with Gasteiger partial charge in [-0.05, 0) is 30.7 Å². The van der Waals surface area contributed by atoms with Crippen LogP contribution in [-0.4, -0.2) is 10.8 Å². The third kappa shape index (κ3) is 4.09. The van der Waals surface area contributed by atoms with E-state index in [1.807, 2.05) is 0 Å². The third-order valence-corrected chi connectivity index (χ3v) is 3.38. The van der Waals surface area contributed by atoms with Gasteiger partial charge in [-0.1, -0.05) is 18.2 Å². The maximum Gasteiger partial charge on any atom is 0.416 e. The first kappa shape index (κ1) is 17.5. The summed E-state index contributed by atoms with van der Waals surface area (Å²) in [6.45, 7) is 1.42. The molecule has 126 valence electrons. The smallest absolute Gasteiger partial charge is 0.348 e. The first-order valence-electron chi connectivity index (χ1n) is 6.88. The summed E-state index contributed by atoms with van der Waals surface area (Å²) in [4.78, 5) is 22.3. The molecule has 0 unspecified atom stereocenters. The highest BCUT2D eigenvalue weighted by molar-refractivity contribution is 5.94. The molecule has 2 aromatic rings. The monoisotopic (exact) mass is 338 g/mol. The number of aryl methyl sites for hydroxylation is 1. The minimum Gasteiger partial charge on any atom is -0.348 e. The van der Waals surface area contributed by atoms with Crippen LogP contribution in [0.15, 0.2) is 42.5 Å². The standard InChI is InChI=1S/C16H13F3N2O3/c1-10-5-6-12(8-14(10)21(23)24)15(22)20-9-11-3-2-4-13(7-11)16(17,18)19/h2-8H,9H2,1H3,(H,20,22). The molecule has 2 rings (SSSR count). The number of hydrogen-bond donors (Lipinski definition) is 1. The van der Waals surface area contributed by atoms with Crippen molar-refractivity contribution >= 4 is 11.6 Å². The highest BCUT2D eigenvalue weighted by Gasteiger charge is 2.30. The van der Waals surface area contributed by atoms with E-state index in [1.165, 1.54) is 24.3 Å². The first-order chi connectivity index (χ1) is 11.2. The van der Waals surface area contributed by atoms with Gasteiger partial charge in [0.25, 0.3) is 11.6 Å². The molecule has 5 nitrogen and oxygen atoms in total. The Balaban J connectivity index is 2.11. The highest BCUT2D eigenvalue weighted by atomic mass is 19.4. The number of nitrogens with one attached hydrogen (secondary N) is 1. The molecule has 8 heteroatoms. The van der Waals surface area contributed by atoms with E-state index >= 15 is 0 Å². The lowest BCUT2D eigenvalue weighted by Crippen LogP contribution is -2.23. The van der Waals surface area contributed by atoms with Crippen molar-refractivity contribution in [3.8, 4) is 0 Å². The summed E-state index contributed by atoms with van der Waals surface area (Å²) in [5.41, 5.74) is -0.240. The van der Waals surface area contributed by atoms with Crippen LogP contribution in [0.25, 0.3) is 0 Å². The minimum absolute atomic E-state index is 0.0688. The summed E-state index contributed by atoms with van der Waals surface area (Å²) in [7, 11) is 0. The molecular formula is C16H13F3N2O3. The molecule has 0 aliphatic rings. The number of amides is 1. The number of nitrogens with zero attached hydrogens (tertiary/aromatic N) is 1. The zero-order valence-corrected chi connectivity index (χ0v) is 12.6. The first-order valence-corrected chi connectivity index (χ1v) is 6.88. The Morgan fingerprint density at radius 3 is 2.54 bits per heavy atom. The lowest BCUT2D eigenvalue weighted by atomic mass is 10.1. The van der Waals surface area contributed by atoms with Gasteiger partial charge in [0.1, 0.15) is 0 Å². The fourth-order valence-electron chi connectivity index (χ4n) is 2.09. The molecule has 0 bridgehead atoms. The van der Waals surface area contributed by atoms with Gasteiger partial charge in [0.05, 0.1) is 10.5 Å². The van der Waals surface area contributed by atoms with Crippen LogP contribution < -0.4 is 5.32 Å². The van der Waals surface area contributed by atoms with Crippen molar-refractivity contribution in [2.45, 2.75) is 19.6 Å². The molecule has 1 N–H and O–H groups in total. The Hall–Kier alpha value is -2.90. The van der Waals surface area contributed by atoms with Crippen molar-refractivity contribution < 1.29 is 22.9 Å². The van der Waals surface area contributed by atoms with Crippen molar-refractivity contribution in [2.75, 3.05) is 0 Å². The van der Waals surface area contributed by atoms with Gasteiger partial charge in [-0.2, -0.15) is 13.2 Å². The summed E-state index contributed by atoms with van der Waals surface area (Å²) in [5.74, 6) is -0.601. The minimum atomic E-state index is -4.46. The molecule has 0 aromatic heterocycles. The molecule has 1 amide bonds. The Bertz CT molecular complexity index is 788. The SMILES string of the molecule is Cc1ccc(C(=O)NCc2cccc(C(F)(F)F)c2)cc1[N+](=O)[O-]. The normalized spacial score (nSPS) is 11.2. The Morgan fingerprint density at radius 1 is 1.21 bits per heavy atom. The molecular weight excluding hydrogens is 325 g/mol. The maximum atomic E-state index is 12.6. The quantitative estimate of drug-likeness (QED) is 0.680. The lowest BCUT2D eigenvalue weighted by molar-refractivity contribution is -0.385. The molecule has 0 heterocycles. The average molecular weight is 338 g/mol. The molecule has 0 radical (unpaired) electrons. The number of alkyl halides is 3. The largest absolute Gasteiger partial charge is 0.416 e. The Labute approximate surface area is 135 Å². The summed E-state index contributed by atoms with van der Waals surface area (Å²) in [6.07, 6.45) is -4.46. The van der Waals surface area contributed by atoms with E-state index in [4.69, 9.17) is 0 Å². The second-order valence-electron chi connectivity index (χ2n) is 5.14. The van der Waals surface area contributed by atoms with Crippen molar-refractivity contribution in [1.29, 1.82) is 0 Å². The predicted molar refractivity (Wildman–Crippen MR) is 80.4 cm³/mol. The molecule has 0 aliphatic carbocycles. The van der Waals surface area contributed by atoms with E-state index in [0.717, 1.165) is 18.2 Å². The second kappa shape index (κ2) is 6.69. The number of hydrogen-bond acceptors (Lipinski definition) is 3. The van der Waals surface area contributed by atoms with Crippen LogP contribution in [0.1, 0.15) is 27.0 Å². The van der Waals surface area contributed by atoms with Crippen molar-refractivity contribution in [3.05, 3.63) is 74.8 Å². The average Bonchev–Trinajstić information content (AvgIpc) is 2.52. The van der Waals surface area contributed by atoms with Crippen LogP contribution in [0.4, 0.5) is 18.9 Å². The fourth-order valence-corrected chi connectivity index (χ4v) is 2.09. The van der Waals surface area contributed by atoms with Gasteiger partial charge in [0.15, 0.2) is 0 Å². The summed E-state index contributed by atoms with van der Waals surface area (Å²) in [5, 5.41) is 13.3. The van der Waals surface area contributed by atoms with Gasteiger partial charge in [-0.15, -0.1) is 0 Å². The van der Waals surface area contributed by atoms with Gasteiger partial charge in [0, 0.05) is 23.7 Å². The second-order valence-corrected chi connectivity index (χ2v) is 5.14. The van der Waals surface area contributed by atoms with E-state index in [1.54, 1.807) is 6.92 Å². The van der Waals surface area contributed by atoms with Crippen LogP contribution in [0.3, 0.4) is 0 Å². The molecule has 0 fully saturated rings. The number of carbonyl (C=O) groups excluding carboxylic acids is 1. The molecule has 0 spiro atoms. The van der Waals surface area contributed by atoms with Gasteiger partial charge in [-0.25, -0.2) is 0 Å². The van der Waals surface area contributed by atoms with Crippen LogP contribution in [-0.2, 0) is 12.7 Å². The van der Waals surface area contributed by atoms with Crippen molar-refractivity contribution in [1.82, 2.24) is 5.32 Å². The number of benzene rings is 2. The number of carbonyl (C=O) groups is 1. The van der Waals surface area contributed by atoms with Crippen LogP contribution in [0, 0.1) is 17.0 Å².